The van der Waals surface area contributed by atoms with Crippen LogP contribution in [-0.2, 0) is 6.54 Å². The first-order chi connectivity index (χ1) is 11.7. The van der Waals surface area contributed by atoms with Crippen molar-refractivity contribution in [3.8, 4) is 0 Å². The Morgan fingerprint density at radius 2 is 1.71 bits per heavy atom. The molecular formula is C20H27N3O. The molecule has 2 aromatic rings. The average molecular weight is 325 g/mol. The zero-order chi connectivity index (χ0) is 17.4. The van der Waals surface area contributed by atoms with Gasteiger partial charge in [0.25, 0.3) is 5.91 Å². The van der Waals surface area contributed by atoms with Gasteiger partial charge in [0.1, 0.15) is 0 Å². The van der Waals surface area contributed by atoms with E-state index in [4.69, 9.17) is 0 Å². The van der Waals surface area contributed by atoms with E-state index >= 15 is 0 Å². The first-order valence-electron chi connectivity index (χ1n) is 8.65. The van der Waals surface area contributed by atoms with E-state index < -0.39 is 0 Å². The van der Waals surface area contributed by atoms with Gasteiger partial charge in [0, 0.05) is 32.9 Å². The van der Waals surface area contributed by atoms with Crippen LogP contribution in [0.4, 0.5) is 5.69 Å². The highest BCUT2D eigenvalue weighted by Gasteiger charge is 2.14. The van der Waals surface area contributed by atoms with Gasteiger partial charge < -0.3 is 9.80 Å². The molecule has 4 heteroatoms. The van der Waals surface area contributed by atoms with Crippen molar-refractivity contribution < 1.29 is 4.79 Å². The van der Waals surface area contributed by atoms with Gasteiger partial charge in [-0.25, -0.2) is 0 Å². The molecule has 0 aliphatic heterocycles. The summed E-state index contributed by atoms with van der Waals surface area (Å²) in [5.74, 6) is 0.00106. The molecule has 1 aromatic heterocycles. The van der Waals surface area contributed by atoms with Crippen LogP contribution in [0, 0.1) is 0 Å². The maximum Gasteiger partial charge on any atom is 0.255 e. The third kappa shape index (κ3) is 4.82. The SMILES string of the molecule is CCCN(CCC)c1cncc(C(=O)N(C)Cc2ccccc2)c1. The summed E-state index contributed by atoms with van der Waals surface area (Å²) in [6, 6.07) is 12.0. The lowest BCUT2D eigenvalue weighted by Crippen LogP contribution is -2.28. The van der Waals surface area contributed by atoms with Gasteiger partial charge in [-0.05, 0) is 24.5 Å². The highest BCUT2D eigenvalue weighted by atomic mass is 16.2. The number of aromatic nitrogens is 1. The van der Waals surface area contributed by atoms with Crippen LogP contribution in [0.2, 0.25) is 0 Å². The predicted molar refractivity (Wildman–Crippen MR) is 99.3 cm³/mol. The summed E-state index contributed by atoms with van der Waals surface area (Å²) >= 11 is 0. The molecule has 1 aromatic carbocycles. The largest absolute Gasteiger partial charge is 0.370 e. The number of hydrogen-bond donors (Lipinski definition) is 0. The standard InChI is InChI=1S/C20H27N3O/c1-4-11-23(12-5-2)19-13-18(14-21-15-19)20(24)22(3)16-17-9-7-6-8-10-17/h6-10,13-15H,4-5,11-12,16H2,1-3H3. The second-order valence-electron chi connectivity index (χ2n) is 6.07. The van der Waals surface area contributed by atoms with E-state index in [-0.39, 0.29) is 5.91 Å². The van der Waals surface area contributed by atoms with Crippen LogP contribution < -0.4 is 4.90 Å². The first kappa shape index (κ1) is 18.0. The highest BCUT2D eigenvalue weighted by molar-refractivity contribution is 5.94. The van der Waals surface area contributed by atoms with E-state index in [9.17, 15) is 4.79 Å². The quantitative estimate of drug-likeness (QED) is 0.736. The van der Waals surface area contributed by atoms with Crippen molar-refractivity contribution in [2.45, 2.75) is 33.2 Å². The minimum absolute atomic E-state index is 0.00106. The molecule has 1 amide bonds. The second-order valence-corrected chi connectivity index (χ2v) is 6.07. The summed E-state index contributed by atoms with van der Waals surface area (Å²) in [7, 11) is 1.83. The molecule has 0 radical (unpaired) electrons. The Labute approximate surface area is 145 Å². The molecule has 0 spiro atoms. The molecule has 128 valence electrons. The molecule has 0 saturated carbocycles. The first-order valence-corrected chi connectivity index (χ1v) is 8.65. The molecule has 2 rings (SSSR count). The van der Waals surface area contributed by atoms with Gasteiger partial charge in [0.05, 0.1) is 17.4 Å². The Morgan fingerprint density at radius 3 is 2.33 bits per heavy atom. The number of pyridine rings is 1. The molecule has 0 fully saturated rings. The molecule has 0 saturated heterocycles. The molecule has 1 heterocycles. The fourth-order valence-corrected chi connectivity index (χ4v) is 2.78. The van der Waals surface area contributed by atoms with Crippen molar-refractivity contribution in [3.05, 3.63) is 59.9 Å². The summed E-state index contributed by atoms with van der Waals surface area (Å²) < 4.78 is 0. The summed E-state index contributed by atoms with van der Waals surface area (Å²) in [6.45, 7) is 6.88. The van der Waals surface area contributed by atoms with E-state index in [1.165, 1.54) is 0 Å². The van der Waals surface area contributed by atoms with Crippen molar-refractivity contribution in [2.24, 2.45) is 0 Å². The topological polar surface area (TPSA) is 36.4 Å². The Hall–Kier alpha value is -2.36. The summed E-state index contributed by atoms with van der Waals surface area (Å²) in [4.78, 5) is 21.0. The minimum atomic E-state index is 0.00106. The molecule has 24 heavy (non-hydrogen) atoms. The summed E-state index contributed by atoms with van der Waals surface area (Å²) in [5.41, 5.74) is 2.79. The smallest absolute Gasteiger partial charge is 0.255 e. The van der Waals surface area contributed by atoms with Crippen molar-refractivity contribution in [1.29, 1.82) is 0 Å². The predicted octanol–water partition coefficient (Wildman–Crippen LogP) is 3.98. The van der Waals surface area contributed by atoms with Gasteiger partial charge >= 0.3 is 0 Å². The van der Waals surface area contributed by atoms with Crippen LogP contribution in [0.25, 0.3) is 0 Å². The number of amides is 1. The van der Waals surface area contributed by atoms with E-state index in [1.54, 1.807) is 11.1 Å². The van der Waals surface area contributed by atoms with Crippen LogP contribution in [0.1, 0.15) is 42.6 Å². The Bertz CT molecular complexity index is 636. The van der Waals surface area contributed by atoms with E-state index in [2.05, 4.69) is 23.7 Å². The van der Waals surface area contributed by atoms with Crippen LogP contribution in [-0.4, -0.2) is 35.9 Å². The molecular weight excluding hydrogens is 298 g/mol. The average Bonchev–Trinajstić information content (AvgIpc) is 2.62. The number of nitrogens with zero attached hydrogens (tertiary/aromatic N) is 3. The fraction of sp³-hybridized carbons (Fsp3) is 0.400. The Balaban J connectivity index is 2.13. The monoisotopic (exact) mass is 325 g/mol. The second kappa shape index (κ2) is 9.06. The van der Waals surface area contributed by atoms with Crippen molar-refractivity contribution in [1.82, 2.24) is 9.88 Å². The van der Waals surface area contributed by atoms with E-state index in [1.807, 2.05) is 49.6 Å². The van der Waals surface area contributed by atoms with Gasteiger partial charge in [-0.2, -0.15) is 0 Å². The summed E-state index contributed by atoms with van der Waals surface area (Å²) in [5, 5.41) is 0. The number of anilines is 1. The maximum absolute atomic E-state index is 12.7. The van der Waals surface area contributed by atoms with Crippen LogP contribution in [0.3, 0.4) is 0 Å². The molecule has 0 aliphatic rings. The van der Waals surface area contributed by atoms with E-state index in [0.29, 0.717) is 12.1 Å². The number of carbonyl (C=O) groups is 1. The van der Waals surface area contributed by atoms with Gasteiger partial charge in [0.2, 0.25) is 0 Å². The molecule has 0 aliphatic carbocycles. The minimum Gasteiger partial charge on any atom is -0.370 e. The third-order valence-corrected chi connectivity index (χ3v) is 3.93. The molecule has 0 bridgehead atoms. The third-order valence-electron chi connectivity index (χ3n) is 3.93. The maximum atomic E-state index is 12.7. The lowest BCUT2D eigenvalue weighted by molar-refractivity contribution is 0.0784. The zero-order valence-electron chi connectivity index (χ0n) is 14.9. The fourth-order valence-electron chi connectivity index (χ4n) is 2.78. The Morgan fingerprint density at radius 1 is 1.04 bits per heavy atom. The lowest BCUT2D eigenvalue weighted by atomic mass is 10.2. The van der Waals surface area contributed by atoms with Gasteiger partial charge in [0.15, 0.2) is 0 Å². The van der Waals surface area contributed by atoms with Gasteiger partial charge in [-0.15, -0.1) is 0 Å². The van der Waals surface area contributed by atoms with Gasteiger partial charge in [-0.3, -0.25) is 9.78 Å². The van der Waals surface area contributed by atoms with Crippen LogP contribution in [0.15, 0.2) is 48.8 Å². The number of rotatable bonds is 8. The van der Waals surface area contributed by atoms with Crippen LogP contribution >= 0.6 is 0 Å². The molecule has 0 unspecified atom stereocenters. The summed E-state index contributed by atoms with van der Waals surface area (Å²) in [6.07, 6.45) is 5.65. The van der Waals surface area contributed by atoms with Crippen molar-refractivity contribution in [3.63, 3.8) is 0 Å². The molecule has 4 nitrogen and oxygen atoms in total. The number of hydrogen-bond acceptors (Lipinski definition) is 3. The Kier molecular flexibility index (Phi) is 6.79. The van der Waals surface area contributed by atoms with Crippen LogP contribution in [0.5, 0.6) is 0 Å². The van der Waals surface area contributed by atoms with Crippen molar-refractivity contribution >= 4 is 11.6 Å². The number of benzene rings is 1. The van der Waals surface area contributed by atoms with Crippen molar-refractivity contribution in [2.75, 3.05) is 25.0 Å². The van der Waals surface area contributed by atoms with Gasteiger partial charge in [-0.1, -0.05) is 44.2 Å². The van der Waals surface area contributed by atoms with E-state index in [0.717, 1.165) is 37.2 Å². The molecule has 0 atom stereocenters. The zero-order valence-corrected chi connectivity index (χ0v) is 14.9. The number of carbonyl (C=O) groups excluding carboxylic acids is 1. The molecule has 0 N–H and O–H groups in total. The normalized spacial score (nSPS) is 10.5. The lowest BCUT2D eigenvalue weighted by Gasteiger charge is -2.24. The highest BCUT2D eigenvalue weighted by Crippen LogP contribution is 2.17.